The third kappa shape index (κ3) is 2.99. The summed E-state index contributed by atoms with van der Waals surface area (Å²) < 4.78 is 3.86. The molecule has 2 N–H and O–H groups in total. The summed E-state index contributed by atoms with van der Waals surface area (Å²) >= 11 is 0. The summed E-state index contributed by atoms with van der Waals surface area (Å²) in [7, 11) is 0. The Morgan fingerprint density at radius 3 is 2.84 bits per heavy atom. The summed E-state index contributed by atoms with van der Waals surface area (Å²) in [5.41, 5.74) is 11.5. The largest absolute Gasteiger partial charge is 0.382 e. The van der Waals surface area contributed by atoms with Crippen molar-refractivity contribution in [2.45, 2.75) is 26.8 Å². The summed E-state index contributed by atoms with van der Waals surface area (Å²) in [4.78, 5) is 28.8. The number of amides is 1. The Balaban J connectivity index is 1.55. The van der Waals surface area contributed by atoms with Crippen LogP contribution in [0.5, 0.6) is 0 Å². The van der Waals surface area contributed by atoms with Gasteiger partial charge in [0.1, 0.15) is 23.3 Å². The molecule has 4 heterocycles. The minimum atomic E-state index is -0.173. The number of nitrogen functional groups attached to an aromatic ring is 1. The van der Waals surface area contributed by atoms with Gasteiger partial charge in [-0.25, -0.2) is 15.0 Å². The number of nitrogens with zero attached hydrogens (tertiary/aromatic N) is 6. The van der Waals surface area contributed by atoms with Crippen LogP contribution >= 0.6 is 0 Å². The van der Waals surface area contributed by atoms with Crippen LogP contribution in [0.25, 0.3) is 22.2 Å². The number of imidazole rings is 2. The second-order valence-electron chi connectivity index (χ2n) is 7.65. The molecule has 0 bridgehead atoms. The summed E-state index contributed by atoms with van der Waals surface area (Å²) in [5.74, 6) is 0.369. The average molecular weight is 413 g/mol. The van der Waals surface area contributed by atoms with Gasteiger partial charge < -0.3 is 15.0 Å². The molecular weight excluding hydrogens is 390 g/mol. The van der Waals surface area contributed by atoms with Crippen molar-refractivity contribution in [1.29, 1.82) is 0 Å². The highest BCUT2D eigenvalue weighted by Gasteiger charge is 2.24. The fraction of sp³-hybridized carbons (Fsp3) is 0.217. The average Bonchev–Trinajstić information content (AvgIpc) is 3.38. The number of pyridine rings is 1. The predicted molar refractivity (Wildman–Crippen MR) is 120 cm³/mol. The van der Waals surface area contributed by atoms with Crippen LogP contribution in [-0.4, -0.2) is 41.1 Å². The first-order chi connectivity index (χ1) is 15.0. The Morgan fingerprint density at radius 1 is 1.23 bits per heavy atom. The molecule has 0 saturated carbocycles. The molecule has 0 aliphatic carbocycles. The first-order valence-corrected chi connectivity index (χ1v) is 10.3. The van der Waals surface area contributed by atoms with Gasteiger partial charge in [-0.1, -0.05) is 6.07 Å². The van der Waals surface area contributed by atoms with E-state index in [9.17, 15) is 4.79 Å². The number of carbonyl (C=O) groups excluding carboxylic acids is 1. The number of anilines is 1. The van der Waals surface area contributed by atoms with Crippen molar-refractivity contribution in [3.63, 3.8) is 0 Å². The lowest BCUT2D eigenvalue weighted by molar-refractivity contribution is 0.0699. The molecule has 0 radical (unpaired) electrons. The van der Waals surface area contributed by atoms with Gasteiger partial charge in [0, 0.05) is 24.5 Å². The number of nitrogens with two attached hydrogens (primary N) is 1. The lowest BCUT2D eigenvalue weighted by Crippen LogP contribution is -2.33. The lowest BCUT2D eigenvalue weighted by Gasteiger charge is -2.27. The number of benzene rings is 1. The molecule has 0 spiro atoms. The highest BCUT2D eigenvalue weighted by Crippen LogP contribution is 2.26. The van der Waals surface area contributed by atoms with Crippen molar-refractivity contribution < 1.29 is 4.79 Å². The maximum absolute atomic E-state index is 13.5. The van der Waals surface area contributed by atoms with Gasteiger partial charge in [0.25, 0.3) is 5.91 Å². The molecule has 8 nitrogen and oxygen atoms in total. The van der Waals surface area contributed by atoms with Gasteiger partial charge >= 0.3 is 0 Å². The van der Waals surface area contributed by atoms with Crippen LogP contribution in [0, 0.1) is 6.92 Å². The Morgan fingerprint density at radius 2 is 2.06 bits per heavy atom. The maximum Gasteiger partial charge on any atom is 0.254 e. The molecule has 0 saturated heterocycles. The van der Waals surface area contributed by atoms with E-state index >= 15 is 0 Å². The Hall–Kier alpha value is -3.94. The smallest absolute Gasteiger partial charge is 0.254 e. The first kappa shape index (κ1) is 19.0. The van der Waals surface area contributed by atoms with E-state index in [1.807, 2.05) is 77.2 Å². The van der Waals surface area contributed by atoms with Crippen molar-refractivity contribution in [3.05, 3.63) is 72.1 Å². The highest BCUT2D eigenvalue weighted by atomic mass is 16.2. The standard InChI is InChI=1S/C23H23N7O/c1-4-29(15(3)18-12-28-10-6-5-7-20(28)26-18)23(31)16-8-9-17-19(11-16)30-13-25-14(2)21(30)22(24)27-17/h5-13,15H,4H2,1-3H3,(H2,24,27). The van der Waals surface area contributed by atoms with E-state index in [1.165, 1.54) is 0 Å². The first-order valence-electron chi connectivity index (χ1n) is 10.3. The Labute approximate surface area is 179 Å². The zero-order valence-corrected chi connectivity index (χ0v) is 17.6. The Bertz CT molecular complexity index is 1420. The summed E-state index contributed by atoms with van der Waals surface area (Å²) in [5, 5.41) is 0. The molecule has 1 unspecified atom stereocenters. The third-order valence-electron chi connectivity index (χ3n) is 5.80. The van der Waals surface area contributed by atoms with Crippen LogP contribution in [0.2, 0.25) is 0 Å². The Kier molecular flexibility index (Phi) is 4.35. The van der Waals surface area contributed by atoms with Gasteiger partial charge in [-0.3, -0.25) is 9.20 Å². The van der Waals surface area contributed by atoms with Crippen molar-refractivity contribution in [3.8, 4) is 0 Å². The molecule has 1 amide bonds. The van der Waals surface area contributed by atoms with E-state index in [-0.39, 0.29) is 11.9 Å². The van der Waals surface area contributed by atoms with Crippen LogP contribution in [0.1, 0.15) is 41.6 Å². The van der Waals surface area contributed by atoms with Crippen LogP contribution in [0.3, 0.4) is 0 Å². The number of aromatic nitrogens is 5. The molecule has 8 heteroatoms. The van der Waals surface area contributed by atoms with Gasteiger partial charge in [-0.05, 0) is 51.1 Å². The second kappa shape index (κ2) is 7.09. The van der Waals surface area contributed by atoms with Crippen LogP contribution in [-0.2, 0) is 0 Å². The van der Waals surface area contributed by atoms with Crippen LogP contribution in [0.15, 0.2) is 55.1 Å². The van der Waals surface area contributed by atoms with E-state index in [0.717, 1.165) is 33.6 Å². The number of hydrogen-bond acceptors (Lipinski definition) is 5. The van der Waals surface area contributed by atoms with Crippen molar-refractivity contribution in [2.24, 2.45) is 0 Å². The molecule has 1 atom stereocenters. The van der Waals surface area contributed by atoms with Gasteiger partial charge in [0.05, 0.1) is 28.5 Å². The lowest BCUT2D eigenvalue weighted by atomic mass is 10.1. The van der Waals surface area contributed by atoms with Crippen LogP contribution < -0.4 is 5.73 Å². The summed E-state index contributed by atoms with van der Waals surface area (Å²) in [6.45, 7) is 6.43. The highest BCUT2D eigenvalue weighted by molar-refractivity contribution is 5.98. The molecule has 5 aromatic rings. The maximum atomic E-state index is 13.5. The predicted octanol–water partition coefficient (Wildman–Crippen LogP) is 3.64. The molecule has 0 aliphatic rings. The van der Waals surface area contributed by atoms with E-state index in [4.69, 9.17) is 10.7 Å². The number of fused-ring (bicyclic) bond motifs is 4. The fourth-order valence-corrected chi connectivity index (χ4v) is 4.13. The minimum absolute atomic E-state index is 0.0595. The van der Waals surface area contributed by atoms with Crippen LogP contribution in [0.4, 0.5) is 5.82 Å². The van der Waals surface area contributed by atoms with E-state index in [0.29, 0.717) is 17.9 Å². The van der Waals surface area contributed by atoms with Gasteiger partial charge in [0.15, 0.2) is 0 Å². The zero-order valence-electron chi connectivity index (χ0n) is 17.6. The molecular formula is C23H23N7O. The number of rotatable bonds is 4. The zero-order chi connectivity index (χ0) is 21.7. The van der Waals surface area contributed by atoms with Gasteiger partial charge in [0.2, 0.25) is 0 Å². The fourth-order valence-electron chi connectivity index (χ4n) is 4.13. The SMILES string of the molecule is CCN(C(=O)c1ccc2nc(N)c3c(C)ncn3c2c1)C(C)c1cn2ccccc2n1. The minimum Gasteiger partial charge on any atom is -0.382 e. The van der Waals surface area contributed by atoms with Crippen molar-refractivity contribution in [2.75, 3.05) is 12.3 Å². The number of carbonyl (C=O) groups is 1. The molecule has 5 rings (SSSR count). The molecule has 0 fully saturated rings. The molecule has 31 heavy (non-hydrogen) atoms. The van der Waals surface area contributed by atoms with E-state index in [1.54, 1.807) is 12.4 Å². The monoisotopic (exact) mass is 413 g/mol. The number of hydrogen-bond donors (Lipinski definition) is 1. The number of aryl methyl sites for hydroxylation is 1. The van der Waals surface area contributed by atoms with E-state index in [2.05, 4.69) is 9.97 Å². The second-order valence-corrected chi connectivity index (χ2v) is 7.65. The third-order valence-corrected chi connectivity index (χ3v) is 5.80. The normalized spacial score (nSPS) is 12.6. The molecule has 1 aromatic carbocycles. The van der Waals surface area contributed by atoms with Gasteiger partial charge in [-0.15, -0.1) is 0 Å². The molecule has 4 aromatic heterocycles. The topological polar surface area (TPSA) is 93.8 Å². The van der Waals surface area contributed by atoms with Crippen molar-refractivity contribution >= 4 is 33.9 Å². The van der Waals surface area contributed by atoms with Gasteiger partial charge in [-0.2, -0.15) is 0 Å². The molecule has 0 aliphatic heterocycles. The van der Waals surface area contributed by atoms with Crippen molar-refractivity contribution in [1.82, 2.24) is 28.7 Å². The van der Waals surface area contributed by atoms with E-state index < -0.39 is 0 Å². The molecule has 156 valence electrons. The summed E-state index contributed by atoms with van der Waals surface area (Å²) in [6, 6.07) is 11.2. The quantitative estimate of drug-likeness (QED) is 0.485. The summed E-state index contributed by atoms with van der Waals surface area (Å²) in [6.07, 6.45) is 5.65.